The van der Waals surface area contributed by atoms with Gasteiger partial charge in [-0.1, -0.05) is 5.16 Å². The molecule has 7 heteroatoms. The summed E-state index contributed by atoms with van der Waals surface area (Å²) in [7, 11) is 0. The number of aromatic nitrogens is 1. The topological polar surface area (TPSA) is 95.7 Å². The number of aliphatic carboxylic acids is 1. The number of amides is 2. The number of carbonyl (C=O) groups is 2. The van der Waals surface area contributed by atoms with Crippen LogP contribution in [0.3, 0.4) is 0 Å². The Bertz CT molecular complexity index is 460. The van der Waals surface area contributed by atoms with Crippen LogP contribution in [0.25, 0.3) is 0 Å². The minimum Gasteiger partial charge on any atom is -0.480 e. The predicted molar refractivity (Wildman–Crippen MR) is 65.3 cm³/mol. The van der Waals surface area contributed by atoms with Gasteiger partial charge in [-0.2, -0.15) is 0 Å². The standard InChI is InChI=1S/C12H17N3O4/c1-12(10(16)17)5-2-3-7-15(12)11(18)13-8-9-4-6-14-19-9/h4,6H,2-3,5,7-8H2,1H3,(H,13,18)(H,16,17). The minimum absolute atomic E-state index is 0.199. The van der Waals surface area contributed by atoms with Gasteiger partial charge in [-0.25, -0.2) is 9.59 Å². The number of urea groups is 1. The molecule has 1 saturated heterocycles. The van der Waals surface area contributed by atoms with Gasteiger partial charge in [-0.3, -0.25) is 0 Å². The molecule has 1 fully saturated rings. The molecule has 1 aliphatic heterocycles. The van der Waals surface area contributed by atoms with Crippen molar-refractivity contribution in [3.63, 3.8) is 0 Å². The Morgan fingerprint density at radius 3 is 3.00 bits per heavy atom. The molecule has 0 aliphatic carbocycles. The van der Waals surface area contributed by atoms with Crippen molar-refractivity contribution in [2.24, 2.45) is 0 Å². The van der Waals surface area contributed by atoms with Crippen LogP contribution in [0.4, 0.5) is 4.79 Å². The first-order valence-electron chi connectivity index (χ1n) is 6.22. The molecule has 104 valence electrons. The van der Waals surface area contributed by atoms with Gasteiger partial charge in [0.05, 0.1) is 12.7 Å². The quantitative estimate of drug-likeness (QED) is 0.858. The number of carboxylic acid groups (broad SMARTS) is 1. The van der Waals surface area contributed by atoms with Crippen LogP contribution in [0, 0.1) is 0 Å². The van der Waals surface area contributed by atoms with Gasteiger partial charge in [-0.05, 0) is 26.2 Å². The number of rotatable bonds is 3. The Kier molecular flexibility index (Phi) is 3.73. The average molecular weight is 267 g/mol. The number of nitrogens with one attached hydrogen (secondary N) is 1. The normalized spacial score (nSPS) is 23.1. The molecule has 2 heterocycles. The molecule has 2 amide bonds. The maximum Gasteiger partial charge on any atom is 0.329 e. The molecule has 2 rings (SSSR count). The third kappa shape index (κ3) is 2.69. The zero-order chi connectivity index (χ0) is 13.9. The zero-order valence-corrected chi connectivity index (χ0v) is 10.8. The largest absolute Gasteiger partial charge is 0.480 e. The second-order valence-corrected chi connectivity index (χ2v) is 4.83. The van der Waals surface area contributed by atoms with Gasteiger partial charge in [0.2, 0.25) is 0 Å². The van der Waals surface area contributed by atoms with Crippen LogP contribution in [0.1, 0.15) is 31.9 Å². The van der Waals surface area contributed by atoms with Crippen molar-refractivity contribution in [1.82, 2.24) is 15.4 Å². The summed E-state index contributed by atoms with van der Waals surface area (Å²) in [4.78, 5) is 24.9. The van der Waals surface area contributed by atoms with Crippen molar-refractivity contribution < 1.29 is 19.2 Å². The number of carboxylic acids is 1. The highest BCUT2D eigenvalue weighted by Gasteiger charge is 2.43. The van der Waals surface area contributed by atoms with Gasteiger partial charge < -0.3 is 19.8 Å². The summed E-state index contributed by atoms with van der Waals surface area (Å²) < 4.78 is 4.87. The van der Waals surface area contributed by atoms with E-state index in [9.17, 15) is 14.7 Å². The van der Waals surface area contributed by atoms with E-state index in [4.69, 9.17) is 4.52 Å². The van der Waals surface area contributed by atoms with Crippen molar-refractivity contribution in [2.75, 3.05) is 6.54 Å². The highest BCUT2D eigenvalue weighted by Crippen LogP contribution is 2.28. The Labute approximate surface area is 110 Å². The van der Waals surface area contributed by atoms with Crippen LogP contribution in [0.15, 0.2) is 16.8 Å². The lowest BCUT2D eigenvalue weighted by molar-refractivity contribution is -0.150. The maximum absolute atomic E-state index is 12.1. The fraction of sp³-hybridized carbons (Fsp3) is 0.583. The van der Waals surface area contributed by atoms with Crippen LogP contribution in [0.5, 0.6) is 0 Å². The summed E-state index contributed by atoms with van der Waals surface area (Å²) in [5.41, 5.74) is -1.14. The molecule has 1 aromatic heterocycles. The molecule has 0 saturated carbocycles. The maximum atomic E-state index is 12.1. The Morgan fingerprint density at radius 2 is 2.37 bits per heavy atom. The van der Waals surface area contributed by atoms with Crippen LogP contribution in [-0.4, -0.2) is 39.2 Å². The Balaban J connectivity index is 2.01. The highest BCUT2D eigenvalue weighted by molar-refractivity contribution is 5.86. The summed E-state index contributed by atoms with van der Waals surface area (Å²) in [6.07, 6.45) is 3.59. The van der Waals surface area contributed by atoms with E-state index in [1.54, 1.807) is 13.0 Å². The summed E-state index contributed by atoms with van der Waals surface area (Å²) in [6, 6.07) is 1.26. The molecule has 1 aliphatic rings. The van der Waals surface area contributed by atoms with E-state index < -0.39 is 11.5 Å². The monoisotopic (exact) mass is 267 g/mol. The molecule has 0 spiro atoms. The second kappa shape index (κ2) is 5.29. The average Bonchev–Trinajstić information content (AvgIpc) is 2.89. The summed E-state index contributed by atoms with van der Waals surface area (Å²) in [5, 5.41) is 15.5. The molecule has 1 atom stereocenters. The third-order valence-corrected chi connectivity index (χ3v) is 3.50. The Hall–Kier alpha value is -2.05. The Morgan fingerprint density at radius 1 is 1.58 bits per heavy atom. The van der Waals surface area contributed by atoms with Crippen LogP contribution in [-0.2, 0) is 11.3 Å². The van der Waals surface area contributed by atoms with Crippen molar-refractivity contribution in [3.05, 3.63) is 18.0 Å². The predicted octanol–water partition coefficient (Wildman–Crippen LogP) is 1.21. The molecule has 7 nitrogen and oxygen atoms in total. The lowest BCUT2D eigenvalue weighted by Crippen LogP contribution is -2.59. The van der Waals surface area contributed by atoms with Gasteiger partial charge in [0, 0.05) is 12.6 Å². The summed E-state index contributed by atoms with van der Waals surface area (Å²) >= 11 is 0. The molecule has 0 bridgehead atoms. The van der Waals surface area contributed by atoms with E-state index in [1.807, 2.05) is 0 Å². The first-order chi connectivity index (χ1) is 9.04. The molecular weight excluding hydrogens is 250 g/mol. The summed E-state index contributed by atoms with van der Waals surface area (Å²) in [5.74, 6) is -0.440. The first kappa shape index (κ1) is 13.4. The van der Waals surface area contributed by atoms with E-state index in [0.717, 1.165) is 12.8 Å². The van der Waals surface area contributed by atoms with Crippen LogP contribution >= 0.6 is 0 Å². The van der Waals surface area contributed by atoms with Crippen molar-refractivity contribution in [3.8, 4) is 0 Å². The van der Waals surface area contributed by atoms with E-state index in [1.165, 1.54) is 11.1 Å². The molecule has 2 N–H and O–H groups in total. The molecular formula is C12H17N3O4. The van der Waals surface area contributed by atoms with Gasteiger partial charge in [-0.15, -0.1) is 0 Å². The number of nitrogens with zero attached hydrogens (tertiary/aromatic N) is 2. The molecule has 19 heavy (non-hydrogen) atoms. The SMILES string of the molecule is CC1(C(=O)O)CCCCN1C(=O)NCc1ccno1. The van der Waals surface area contributed by atoms with E-state index in [2.05, 4.69) is 10.5 Å². The first-order valence-corrected chi connectivity index (χ1v) is 6.22. The third-order valence-electron chi connectivity index (χ3n) is 3.50. The highest BCUT2D eigenvalue weighted by atomic mass is 16.5. The number of hydrogen-bond donors (Lipinski definition) is 2. The number of carbonyl (C=O) groups excluding carboxylic acids is 1. The zero-order valence-electron chi connectivity index (χ0n) is 10.8. The summed E-state index contributed by atoms with van der Waals surface area (Å²) in [6.45, 7) is 2.23. The molecule has 0 aromatic carbocycles. The van der Waals surface area contributed by atoms with E-state index >= 15 is 0 Å². The van der Waals surface area contributed by atoms with Crippen LogP contribution < -0.4 is 5.32 Å². The molecule has 1 unspecified atom stereocenters. The molecule has 0 radical (unpaired) electrons. The van der Waals surface area contributed by atoms with E-state index in [-0.39, 0.29) is 12.6 Å². The van der Waals surface area contributed by atoms with Crippen molar-refractivity contribution in [1.29, 1.82) is 0 Å². The van der Waals surface area contributed by atoms with E-state index in [0.29, 0.717) is 18.7 Å². The number of hydrogen-bond acceptors (Lipinski definition) is 4. The molecule has 1 aromatic rings. The minimum atomic E-state index is -1.14. The number of piperidine rings is 1. The van der Waals surface area contributed by atoms with Gasteiger partial charge in [0.25, 0.3) is 0 Å². The second-order valence-electron chi connectivity index (χ2n) is 4.83. The lowest BCUT2D eigenvalue weighted by atomic mass is 9.89. The fourth-order valence-corrected chi connectivity index (χ4v) is 2.26. The smallest absolute Gasteiger partial charge is 0.329 e. The van der Waals surface area contributed by atoms with Gasteiger partial charge >= 0.3 is 12.0 Å². The van der Waals surface area contributed by atoms with Crippen molar-refractivity contribution >= 4 is 12.0 Å². The number of likely N-dealkylation sites (tertiary alicyclic amines) is 1. The van der Waals surface area contributed by atoms with Crippen LogP contribution in [0.2, 0.25) is 0 Å². The van der Waals surface area contributed by atoms with Crippen molar-refractivity contribution in [2.45, 2.75) is 38.3 Å². The van der Waals surface area contributed by atoms with Gasteiger partial charge in [0.15, 0.2) is 5.76 Å². The van der Waals surface area contributed by atoms with Gasteiger partial charge in [0.1, 0.15) is 5.54 Å². The fourth-order valence-electron chi connectivity index (χ4n) is 2.26. The lowest BCUT2D eigenvalue weighted by Gasteiger charge is -2.41.